The Hall–Kier alpha value is -1.76. The minimum atomic E-state index is -0.678. The van der Waals surface area contributed by atoms with Gasteiger partial charge in [-0.1, -0.05) is 0 Å². The lowest BCUT2D eigenvalue weighted by atomic mass is 10.2. The topological polar surface area (TPSA) is 84.2 Å². The highest BCUT2D eigenvalue weighted by molar-refractivity contribution is 7.80. The standard InChI is InChI=1S/C10H12FN3O2S/c11-8-2-1-6(17)5-7(8)9(15)13-3-4-14-10(12)16/h1-2,5,17H,3-4H2,(H,13,15)(H3,12,14,16). The van der Waals surface area contributed by atoms with Gasteiger partial charge in [0.2, 0.25) is 0 Å². The molecule has 0 aliphatic heterocycles. The molecule has 0 unspecified atom stereocenters. The molecule has 5 nitrogen and oxygen atoms in total. The fourth-order valence-corrected chi connectivity index (χ4v) is 1.35. The Morgan fingerprint density at radius 1 is 1.29 bits per heavy atom. The first-order chi connectivity index (χ1) is 8.00. The number of halogens is 1. The average Bonchev–Trinajstić information content (AvgIpc) is 2.27. The van der Waals surface area contributed by atoms with Crippen LogP contribution in [0.25, 0.3) is 0 Å². The monoisotopic (exact) mass is 257 g/mol. The lowest BCUT2D eigenvalue weighted by molar-refractivity contribution is 0.0949. The van der Waals surface area contributed by atoms with E-state index < -0.39 is 17.8 Å². The van der Waals surface area contributed by atoms with Gasteiger partial charge in [0.15, 0.2) is 0 Å². The number of thiol groups is 1. The summed E-state index contributed by atoms with van der Waals surface area (Å²) in [6.07, 6.45) is 0. The van der Waals surface area contributed by atoms with Gasteiger partial charge in [-0.2, -0.15) is 0 Å². The summed E-state index contributed by atoms with van der Waals surface area (Å²) in [4.78, 5) is 22.4. The van der Waals surface area contributed by atoms with E-state index in [-0.39, 0.29) is 18.7 Å². The molecule has 1 rings (SSSR count). The summed E-state index contributed by atoms with van der Waals surface area (Å²) < 4.78 is 13.3. The summed E-state index contributed by atoms with van der Waals surface area (Å²) in [5.41, 5.74) is 4.75. The second-order valence-electron chi connectivity index (χ2n) is 3.21. The fourth-order valence-electron chi connectivity index (χ4n) is 1.14. The summed E-state index contributed by atoms with van der Waals surface area (Å²) in [6, 6.07) is 3.26. The van der Waals surface area contributed by atoms with Crippen molar-refractivity contribution in [3.8, 4) is 0 Å². The van der Waals surface area contributed by atoms with Gasteiger partial charge in [-0.15, -0.1) is 12.6 Å². The third-order valence-corrected chi connectivity index (χ3v) is 2.18. The van der Waals surface area contributed by atoms with Crippen molar-refractivity contribution in [3.63, 3.8) is 0 Å². The van der Waals surface area contributed by atoms with Gasteiger partial charge in [0.25, 0.3) is 5.91 Å². The molecule has 1 aromatic carbocycles. The molecule has 0 aliphatic carbocycles. The number of carbonyl (C=O) groups is 2. The fraction of sp³-hybridized carbons (Fsp3) is 0.200. The van der Waals surface area contributed by atoms with Gasteiger partial charge >= 0.3 is 6.03 Å². The number of primary amides is 1. The maximum atomic E-state index is 13.3. The maximum absolute atomic E-state index is 13.3. The molecule has 1 aromatic rings. The summed E-state index contributed by atoms with van der Waals surface area (Å²) in [6.45, 7) is 0.348. The molecule has 7 heteroatoms. The van der Waals surface area contributed by atoms with Crippen LogP contribution in [0.15, 0.2) is 23.1 Å². The molecular formula is C10H12FN3O2S. The van der Waals surface area contributed by atoms with Gasteiger partial charge in [-0.3, -0.25) is 4.79 Å². The molecule has 0 atom stereocenters. The highest BCUT2D eigenvalue weighted by atomic mass is 32.1. The number of hydrogen-bond donors (Lipinski definition) is 4. The Bertz CT molecular complexity index is 440. The van der Waals surface area contributed by atoms with Crippen LogP contribution < -0.4 is 16.4 Å². The minimum Gasteiger partial charge on any atom is -0.352 e. The van der Waals surface area contributed by atoms with Crippen molar-refractivity contribution in [3.05, 3.63) is 29.6 Å². The SMILES string of the molecule is NC(=O)NCCNC(=O)c1cc(S)ccc1F. The van der Waals surface area contributed by atoms with Gasteiger partial charge < -0.3 is 16.4 Å². The van der Waals surface area contributed by atoms with Crippen LogP contribution >= 0.6 is 12.6 Å². The third-order valence-electron chi connectivity index (χ3n) is 1.90. The molecule has 0 bridgehead atoms. The lowest BCUT2D eigenvalue weighted by Crippen LogP contribution is -2.37. The first-order valence-electron chi connectivity index (χ1n) is 4.80. The predicted molar refractivity (Wildman–Crippen MR) is 63.6 cm³/mol. The molecule has 0 radical (unpaired) electrons. The van der Waals surface area contributed by atoms with E-state index in [4.69, 9.17) is 5.73 Å². The summed E-state index contributed by atoms with van der Waals surface area (Å²) in [5.74, 6) is -1.19. The van der Waals surface area contributed by atoms with E-state index in [2.05, 4.69) is 23.3 Å². The van der Waals surface area contributed by atoms with Crippen LogP contribution in [-0.4, -0.2) is 25.0 Å². The molecule has 17 heavy (non-hydrogen) atoms. The number of hydrogen-bond acceptors (Lipinski definition) is 3. The Kier molecular flexibility index (Phi) is 4.77. The Morgan fingerprint density at radius 3 is 2.59 bits per heavy atom. The van der Waals surface area contributed by atoms with Crippen LogP contribution in [0, 0.1) is 5.82 Å². The molecule has 0 heterocycles. The van der Waals surface area contributed by atoms with Gasteiger partial charge in [0.05, 0.1) is 5.56 Å². The molecule has 0 spiro atoms. The highest BCUT2D eigenvalue weighted by Crippen LogP contribution is 2.13. The number of amides is 3. The summed E-state index contributed by atoms with van der Waals surface area (Å²) >= 11 is 4.01. The van der Waals surface area contributed by atoms with Gasteiger partial charge in [-0.05, 0) is 18.2 Å². The lowest BCUT2D eigenvalue weighted by Gasteiger charge is -2.06. The first kappa shape index (κ1) is 13.3. The molecule has 0 saturated heterocycles. The number of nitrogens with one attached hydrogen (secondary N) is 2. The molecule has 0 saturated carbocycles. The van der Waals surface area contributed by atoms with Crippen molar-refractivity contribution in [2.75, 3.05) is 13.1 Å². The van der Waals surface area contributed by atoms with E-state index in [9.17, 15) is 14.0 Å². The van der Waals surface area contributed by atoms with Gasteiger partial charge in [0.1, 0.15) is 5.82 Å². The van der Waals surface area contributed by atoms with Crippen molar-refractivity contribution in [2.45, 2.75) is 4.90 Å². The first-order valence-corrected chi connectivity index (χ1v) is 5.25. The Morgan fingerprint density at radius 2 is 1.94 bits per heavy atom. The second kappa shape index (κ2) is 6.09. The second-order valence-corrected chi connectivity index (χ2v) is 3.73. The van der Waals surface area contributed by atoms with Crippen LogP contribution in [0.3, 0.4) is 0 Å². The summed E-state index contributed by atoms with van der Waals surface area (Å²) in [7, 11) is 0. The van der Waals surface area contributed by atoms with Crippen molar-refractivity contribution in [2.24, 2.45) is 5.73 Å². The molecule has 0 aromatic heterocycles. The van der Waals surface area contributed by atoms with E-state index >= 15 is 0 Å². The number of nitrogens with two attached hydrogens (primary N) is 1. The third kappa shape index (κ3) is 4.31. The van der Waals surface area contributed by atoms with Crippen LogP contribution in [0.1, 0.15) is 10.4 Å². The summed E-state index contributed by atoms with van der Waals surface area (Å²) in [5, 5.41) is 4.73. The molecule has 4 N–H and O–H groups in total. The van der Waals surface area contributed by atoms with E-state index in [0.717, 1.165) is 0 Å². The van der Waals surface area contributed by atoms with Gasteiger partial charge in [0, 0.05) is 18.0 Å². The normalized spacial score (nSPS) is 9.76. The molecular weight excluding hydrogens is 245 g/mol. The van der Waals surface area contributed by atoms with Crippen molar-refractivity contribution >= 4 is 24.6 Å². The molecule has 3 amide bonds. The van der Waals surface area contributed by atoms with E-state index in [1.165, 1.54) is 18.2 Å². The Labute approximate surface area is 103 Å². The number of carbonyl (C=O) groups excluding carboxylic acids is 2. The minimum absolute atomic E-state index is 0.0865. The van der Waals surface area contributed by atoms with Crippen molar-refractivity contribution < 1.29 is 14.0 Å². The van der Waals surface area contributed by atoms with Crippen LogP contribution in [0.2, 0.25) is 0 Å². The van der Waals surface area contributed by atoms with Gasteiger partial charge in [-0.25, -0.2) is 9.18 Å². The predicted octanol–water partition coefficient (Wildman–Crippen LogP) is 0.512. The maximum Gasteiger partial charge on any atom is 0.312 e. The van der Waals surface area contributed by atoms with Crippen molar-refractivity contribution in [1.82, 2.24) is 10.6 Å². The van der Waals surface area contributed by atoms with Crippen LogP contribution in [0.4, 0.5) is 9.18 Å². The number of benzene rings is 1. The zero-order chi connectivity index (χ0) is 12.8. The van der Waals surface area contributed by atoms with Crippen molar-refractivity contribution in [1.29, 1.82) is 0 Å². The zero-order valence-corrected chi connectivity index (χ0v) is 9.76. The molecule has 92 valence electrons. The quantitative estimate of drug-likeness (QED) is 0.468. The van der Waals surface area contributed by atoms with Crippen LogP contribution in [0.5, 0.6) is 0 Å². The highest BCUT2D eigenvalue weighted by Gasteiger charge is 2.11. The zero-order valence-electron chi connectivity index (χ0n) is 8.87. The van der Waals surface area contributed by atoms with Crippen LogP contribution in [-0.2, 0) is 0 Å². The van der Waals surface area contributed by atoms with E-state index in [1.807, 2.05) is 0 Å². The molecule has 0 aliphatic rings. The number of urea groups is 1. The van der Waals surface area contributed by atoms with E-state index in [0.29, 0.717) is 4.90 Å². The smallest absolute Gasteiger partial charge is 0.312 e. The number of rotatable bonds is 4. The van der Waals surface area contributed by atoms with E-state index in [1.54, 1.807) is 0 Å². The Balaban J connectivity index is 2.52. The largest absolute Gasteiger partial charge is 0.352 e. The molecule has 0 fully saturated rings. The average molecular weight is 257 g/mol.